The molecule has 0 aliphatic heterocycles. The van der Waals surface area contributed by atoms with Gasteiger partial charge in [-0.15, -0.1) is 0 Å². The lowest BCUT2D eigenvalue weighted by molar-refractivity contribution is -0.231. The molecule has 1 heterocycles. The van der Waals surface area contributed by atoms with Crippen molar-refractivity contribution in [3.8, 4) is 11.1 Å². The highest BCUT2D eigenvalue weighted by Crippen LogP contribution is 2.90. The zero-order valence-corrected chi connectivity index (χ0v) is 29.7. The highest BCUT2D eigenvalue weighted by molar-refractivity contribution is 6.06. The Hall–Kier alpha value is -4.30. The van der Waals surface area contributed by atoms with E-state index in [0.717, 1.165) is 34.8 Å². The lowest BCUT2D eigenvalue weighted by atomic mass is 9.26. The van der Waals surface area contributed by atoms with Crippen molar-refractivity contribution >= 4 is 39.0 Å². The van der Waals surface area contributed by atoms with Crippen molar-refractivity contribution < 1.29 is 4.42 Å². The highest BCUT2D eigenvalue weighted by atomic mass is 16.3. The lowest BCUT2D eigenvalue weighted by Crippen LogP contribution is -2.73. The summed E-state index contributed by atoms with van der Waals surface area (Å²) in [5.74, 6) is 3.40. The van der Waals surface area contributed by atoms with E-state index in [4.69, 9.17) is 4.42 Å². The molecule has 6 aliphatic carbocycles. The summed E-state index contributed by atoms with van der Waals surface area (Å²) in [6, 6.07) is 39.7. The number of furan rings is 1. The Kier molecular flexibility index (Phi) is 5.08. The molecule has 6 aliphatic rings. The molecule has 6 unspecified atom stereocenters. The SMILES string of the molecule is CC1(C)CCC(C)(C)c2cc(N(c3ccc4c(c3)oc3ccccc34)c3cccc4c3C3(c5ccccc5-4)C4CC5CC6CC3C64C5)ccc21. The van der Waals surface area contributed by atoms with Gasteiger partial charge in [-0.05, 0) is 148 Å². The Balaban J connectivity index is 1.14. The van der Waals surface area contributed by atoms with Gasteiger partial charge in [-0.25, -0.2) is 0 Å². The molecule has 0 N–H and O–H groups in total. The van der Waals surface area contributed by atoms with Crippen LogP contribution in [0.4, 0.5) is 17.1 Å². The molecule has 12 rings (SSSR count). The van der Waals surface area contributed by atoms with Crippen LogP contribution in [0.5, 0.6) is 0 Å². The third-order valence-corrected chi connectivity index (χ3v) is 15.6. The first-order valence-electron chi connectivity index (χ1n) is 19.3. The number of fused-ring (bicyclic) bond motifs is 12. The first-order chi connectivity index (χ1) is 24.2. The molecule has 0 saturated heterocycles. The Labute approximate surface area is 295 Å². The van der Waals surface area contributed by atoms with Crippen LogP contribution in [0.3, 0.4) is 0 Å². The first-order valence-corrected chi connectivity index (χ1v) is 19.3. The van der Waals surface area contributed by atoms with E-state index in [1.165, 1.54) is 88.6 Å². The minimum absolute atomic E-state index is 0.103. The molecule has 4 fully saturated rings. The minimum Gasteiger partial charge on any atom is -0.456 e. The number of rotatable bonds is 3. The van der Waals surface area contributed by atoms with Crippen LogP contribution in [0.25, 0.3) is 33.1 Å². The summed E-state index contributed by atoms with van der Waals surface area (Å²) in [5.41, 5.74) is 15.9. The second-order valence-electron chi connectivity index (χ2n) is 18.4. The van der Waals surface area contributed by atoms with Gasteiger partial charge in [0.2, 0.25) is 0 Å². The van der Waals surface area contributed by atoms with Crippen LogP contribution in [0, 0.1) is 29.1 Å². The van der Waals surface area contributed by atoms with Crippen molar-refractivity contribution in [2.75, 3.05) is 4.90 Å². The second kappa shape index (κ2) is 8.94. The van der Waals surface area contributed by atoms with Crippen molar-refractivity contribution in [2.24, 2.45) is 29.1 Å². The van der Waals surface area contributed by atoms with Crippen LogP contribution < -0.4 is 4.90 Å². The minimum atomic E-state index is 0.103. The van der Waals surface area contributed by atoms with Crippen LogP contribution >= 0.6 is 0 Å². The fourth-order valence-corrected chi connectivity index (χ4v) is 13.5. The molecule has 2 spiro atoms. The van der Waals surface area contributed by atoms with E-state index in [9.17, 15) is 0 Å². The summed E-state index contributed by atoms with van der Waals surface area (Å²) in [4.78, 5) is 2.63. The monoisotopic (exact) mass is 651 g/mol. The van der Waals surface area contributed by atoms with Crippen molar-refractivity contribution in [1.82, 2.24) is 0 Å². The number of benzene rings is 5. The normalized spacial score (nSPS) is 31.2. The van der Waals surface area contributed by atoms with Crippen molar-refractivity contribution in [1.29, 1.82) is 0 Å². The zero-order valence-electron chi connectivity index (χ0n) is 29.7. The van der Waals surface area contributed by atoms with Crippen LogP contribution in [-0.4, -0.2) is 0 Å². The summed E-state index contributed by atoms with van der Waals surface area (Å²) < 4.78 is 6.57. The third-order valence-electron chi connectivity index (χ3n) is 15.6. The summed E-state index contributed by atoms with van der Waals surface area (Å²) in [5, 5.41) is 2.37. The van der Waals surface area contributed by atoms with Gasteiger partial charge in [0.05, 0.1) is 5.69 Å². The molecule has 248 valence electrons. The number of nitrogens with zero attached hydrogens (tertiary/aromatic N) is 1. The van der Waals surface area contributed by atoms with E-state index in [0.29, 0.717) is 5.41 Å². The molecule has 1 aromatic heterocycles. The van der Waals surface area contributed by atoms with E-state index in [-0.39, 0.29) is 16.2 Å². The second-order valence-corrected chi connectivity index (χ2v) is 18.4. The largest absolute Gasteiger partial charge is 0.456 e. The van der Waals surface area contributed by atoms with Gasteiger partial charge in [0.15, 0.2) is 0 Å². The molecule has 50 heavy (non-hydrogen) atoms. The number of anilines is 3. The molecular formula is C48H45NO. The third kappa shape index (κ3) is 3.12. The Morgan fingerprint density at radius 2 is 1.32 bits per heavy atom. The number of hydrogen-bond donors (Lipinski definition) is 0. The van der Waals surface area contributed by atoms with Crippen molar-refractivity contribution in [2.45, 2.75) is 82.5 Å². The Bertz CT molecular complexity index is 2460. The molecule has 6 atom stereocenters. The van der Waals surface area contributed by atoms with Gasteiger partial charge < -0.3 is 9.32 Å². The fourth-order valence-electron chi connectivity index (χ4n) is 13.5. The van der Waals surface area contributed by atoms with Gasteiger partial charge in [0.25, 0.3) is 0 Å². The van der Waals surface area contributed by atoms with E-state index in [1.54, 1.807) is 11.1 Å². The van der Waals surface area contributed by atoms with Crippen LogP contribution in [0.15, 0.2) is 108 Å². The standard InChI is InChI=1S/C48H45NO/c1-45(2)20-21-46(3,4)38-25-30(17-19-37(38)45)49(31-16-18-34-33-11-6-8-15-40(33)50-41(34)26-31)39-14-9-12-35-32-10-5-7-13-36(32)48(44(35)39)42-23-28-22-29-24-43(48)47(29,42)27-28/h5-19,25-26,28-29,42-43H,20-24,27H2,1-4H3. The average molecular weight is 652 g/mol. The zero-order chi connectivity index (χ0) is 33.4. The maximum atomic E-state index is 6.57. The van der Waals surface area contributed by atoms with Gasteiger partial charge in [0.1, 0.15) is 11.2 Å². The molecule has 5 aromatic carbocycles. The van der Waals surface area contributed by atoms with Crippen molar-refractivity contribution in [3.05, 3.63) is 125 Å². The predicted octanol–water partition coefficient (Wildman–Crippen LogP) is 12.7. The quantitative estimate of drug-likeness (QED) is 0.189. The lowest BCUT2D eigenvalue weighted by Gasteiger charge is -2.76. The van der Waals surface area contributed by atoms with E-state index in [1.807, 2.05) is 0 Å². The molecule has 6 aromatic rings. The number of para-hydroxylation sites is 1. The maximum absolute atomic E-state index is 6.57. The molecule has 0 radical (unpaired) electrons. The summed E-state index contributed by atoms with van der Waals surface area (Å²) >= 11 is 0. The van der Waals surface area contributed by atoms with Crippen LogP contribution in [0.1, 0.15) is 88.5 Å². The van der Waals surface area contributed by atoms with E-state index in [2.05, 4.69) is 136 Å². The first kappa shape index (κ1) is 28.4. The molecule has 0 amide bonds. The van der Waals surface area contributed by atoms with Gasteiger partial charge in [-0.2, -0.15) is 0 Å². The summed E-state index contributed by atoms with van der Waals surface area (Å²) in [6.45, 7) is 9.79. The van der Waals surface area contributed by atoms with Crippen molar-refractivity contribution in [3.63, 3.8) is 0 Å². The van der Waals surface area contributed by atoms with Crippen LogP contribution in [-0.2, 0) is 16.2 Å². The predicted molar refractivity (Wildman–Crippen MR) is 205 cm³/mol. The highest BCUT2D eigenvalue weighted by Gasteiger charge is 2.84. The fraction of sp³-hybridized carbons (Fsp3) is 0.375. The summed E-state index contributed by atoms with van der Waals surface area (Å²) in [6.07, 6.45) is 8.21. The van der Waals surface area contributed by atoms with Crippen LogP contribution in [0.2, 0.25) is 0 Å². The average Bonchev–Trinajstić information content (AvgIpc) is 3.85. The van der Waals surface area contributed by atoms with E-state index < -0.39 is 0 Å². The van der Waals surface area contributed by atoms with Gasteiger partial charge >= 0.3 is 0 Å². The molecule has 2 bridgehead atoms. The Morgan fingerprint density at radius 3 is 2.20 bits per heavy atom. The van der Waals surface area contributed by atoms with E-state index >= 15 is 0 Å². The Morgan fingerprint density at radius 1 is 0.600 bits per heavy atom. The maximum Gasteiger partial charge on any atom is 0.137 e. The molecule has 2 nitrogen and oxygen atoms in total. The van der Waals surface area contributed by atoms with Gasteiger partial charge in [-0.3, -0.25) is 0 Å². The molecule has 2 heteroatoms. The smallest absolute Gasteiger partial charge is 0.137 e. The molecule has 4 saturated carbocycles. The molecular weight excluding hydrogens is 607 g/mol. The topological polar surface area (TPSA) is 16.4 Å². The summed E-state index contributed by atoms with van der Waals surface area (Å²) in [7, 11) is 0. The van der Waals surface area contributed by atoms with Gasteiger partial charge in [-0.1, -0.05) is 88.4 Å². The number of hydrogen-bond acceptors (Lipinski definition) is 2. The van der Waals surface area contributed by atoms with Gasteiger partial charge in [0, 0.05) is 33.6 Å².